The molecular weight excluding hydrogens is 563 g/mol. The second kappa shape index (κ2) is 12.5. The van der Waals surface area contributed by atoms with Gasteiger partial charge in [0.25, 0.3) is 0 Å². The van der Waals surface area contributed by atoms with E-state index in [0.29, 0.717) is 22.7 Å². The minimum absolute atomic E-state index is 0.195. The highest BCUT2D eigenvalue weighted by atomic mass is 32.1. The van der Waals surface area contributed by atoms with Crippen LogP contribution in [0, 0.1) is 0 Å². The molecule has 1 fully saturated rings. The first-order chi connectivity index (χ1) is 17.8. The first-order valence-corrected chi connectivity index (χ1v) is 14.2. The number of Topliss-reactive ketones (excluding diaryl/α,β-unsaturated/α-hetero) is 1. The van der Waals surface area contributed by atoms with Crippen molar-refractivity contribution in [3.63, 3.8) is 0 Å². The van der Waals surface area contributed by atoms with Crippen molar-refractivity contribution < 1.29 is 47.0 Å². The maximum absolute atomic E-state index is 13.2. The molecular formula is C25H26F3NO6S3. The standard InChI is InChI=1S/C23H26NO4S3.C2HF3O2/c1-24(11-2-6-18(25)19-7-3-13-29-19)12-10-17(16-24)28-22(26)23(27,20-8-4-14-30-20)21-9-5-15-31-21;3-2(4,5)1(6)7/h3-5,7-9,13-15,17,27H,2,6,10-12,16H2,1H3;(H,6,7)/q+1;/p-1. The fraction of sp³-hybridized carbons (Fsp3) is 0.400. The molecule has 2 atom stereocenters. The van der Waals surface area contributed by atoms with Gasteiger partial charge in [0, 0.05) is 19.3 Å². The number of ketones is 1. The monoisotopic (exact) mass is 589 g/mol. The van der Waals surface area contributed by atoms with E-state index in [2.05, 4.69) is 7.05 Å². The number of likely N-dealkylation sites (tertiary alicyclic amines) is 1. The number of halogens is 3. The lowest BCUT2D eigenvalue weighted by atomic mass is 10.00. The Morgan fingerprint density at radius 1 is 1.05 bits per heavy atom. The van der Waals surface area contributed by atoms with Crippen LogP contribution in [-0.4, -0.2) is 66.3 Å². The van der Waals surface area contributed by atoms with Gasteiger partial charge in [-0.25, -0.2) is 4.79 Å². The van der Waals surface area contributed by atoms with Crippen molar-refractivity contribution in [2.75, 3.05) is 26.7 Å². The van der Waals surface area contributed by atoms with E-state index >= 15 is 0 Å². The van der Waals surface area contributed by atoms with Gasteiger partial charge < -0.3 is 24.2 Å². The molecule has 0 aliphatic carbocycles. The normalized spacial score (nSPS) is 19.4. The average molecular weight is 590 g/mol. The minimum Gasteiger partial charge on any atom is -0.542 e. The van der Waals surface area contributed by atoms with Crippen molar-refractivity contribution in [2.45, 2.75) is 37.1 Å². The summed E-state index contributed by atoms with van der Waals surface area (Å²) >= 11 is 4.18. The molecule has 0 amide bonds. The van der Waals surface area contributed by atoms with Gasteiger partial charge in [-0.3, -0.25) is 4.79 Å². The number of carboxylic acids is 1. The van der Waals surface area contributed by atoms with Crippen molar-refractivity contribution in [2.24, 2.45) is 0 Å². The highest BCUT2D eigenvalue weighted by molar-refractivity contribution is 7.12. The third-order valence-electron chi connectivity index (χ3n) is 6.09. The topological polar surface area (TPSA) is 104 Å². The van der Waals surface area contributed by atoms with Gasteiger partial charge in [0.2, 0.25) is 5.60 Å². The highest BCUT2D eigenvalue weighted by Gasteiger charge is 2.46. The van der Waals surface area contributed by atoms with Gasteiger partial charge >= 0.3 is 12.1 Å². The molecule has 13 heteroatoms. The molecule has 2 unspecified atom stereocenters. The number of esters is 1. The molecule has 38 heavy (non-hydrogen) atoms. The molecule has 206 valence electrons. The molecule has 1 saturated heterocycles. The zero-order chi connectivity index (χ0) is 28.0. The predicted molar refractivity (Wildman–Crippen MR) is 136 cm³/mol. The van der Waals surface area contributed by atoms with Crippen LogP contribution in [0.1, 0.15) is 38.7 Å². The number of ether oxygens (including phenoxy) is 1. The number of aliphatic hydroxyl groups is 1. The van der Waals surface area contributed by atoms with Crippen molar-refractivity contribution in [3.8, 4) is 0 Å². The minimum atomic E-state index is -5.19. The smallest absolute Gasteiger partial charge is 0.430 e. The number of quaternary nitrogens is 1. The van der Waals surface area contributed by atoms with E-state index in [1.807, 2.05) is 40.4 Å². The molecule has 7 nitrogen and oxygen atoms in total. The molecule has 4 heterocycles. The number of nitrogens with zero attached hydrogens (tertiary/aromatic N) is 1. The van der Waals surface area contributed by atoms with E-state index in [0.717, 1.165) is 35.3 Å². The average Bonchev–Trinajstić information content (AvgIpc) is 3.67. The fourth-order valence-electron chi connectivity index (χ4n) is 4.14. The molecule has 0 aromatic carbocycles. The van der Waals surface area contributed by atoms with Crippen molar-refractivity contribution in [1.82, 2.24) is 0 Å². The summed E-state index contributed by atoms with van der Waals surface area (Å²) in [6.45, 7) is 2.46. The van der Waals surface area contributed by atoms with E-state index in [-0.39, 0.29) is 11.9 Å². The first kappa shape index (κ1) is 30.0. The Hall–Kier alpha value is -2.58. The third-order valence-corrected chi connectivity index (χ3v) is 8.96. The molecule has 3 aromatic heterocycles. The number of carboxylic acid groups (broad SMARTS) is 1. The molecule has 4 rings (SSSR count). The molecule has 0 bridgehead atoms. The molecule has 0 radical (unpaired) electrons. The number of carbonyl (C=O) groups is 3. The van der Waals surface area contributed by atoms with Crippen LogP contribution in [0.25, 0.3) is 0 Å². The SMILES string of the molecule is C[N+]1(CCCC(=O)c2cccs2)CCC(OC(=O)C(O)(c2cccs2)c2cccs2)C1.O=C([O-])C(F)(F)F. The lowest BCUT2D eigenvalue weighted by Gasteiger charge is -2.30. The van der Waals surface area contributed by atoms with Crippen LogP contribution in [0.4, 0.5) is 13.2 Å². The molecule has 3 aromatic rings. The summed E-state index contributed by atoms with van der Waals surface area (Å²) in [6, 6.07) is 11.0. The third kappa shape index (κ3) is 7.50. The Morgan fingerprint density at radius 3 is 2.08 bits per heavy atom. The Bertz CT molecular complexity index is 1160. The summed E-state index contributed by atoms with van der Waals surface area (Å²) < 4.78 is 38.2. The van der Waals surface area contributed by atoms with Crippen LogP contribution in [0.3, 0.4) is 0 Å². The van der Waals surface area contributed by atoms with E-state index in [1.165, 1.54) is 34.0 Å². The maximum Gasteiger partial charge on any atom is 0.430 e. The number of rotatable bonds is 9. The lowest BCUT2D eigenvalue weighted by molar-refractivity contribution is -0.899. The van der Waals surface area contributed by atoms with Crippen LogP contribution in [0.15, 0.2) is 52.5 Å². The Morgan fingerprint density at radius 2 is 1.61 bits per heavy atom. The number of thiophene rings is 3. The summed E-state index contributed by atoms with van der Waals surface area (Å²) in [6.07, 6.45) is -3.33. The van der Waals surface area contributed by atoms with Gasteiger partial charge in [0.05, 0.1) is 34.8 Å². The number of carbonyl (C=O) groups excluding carboxylic acids is 3. The van der Waals surface area contributed by atoms with Crippen LogP contribution in [-0.2, 0) is 19.9 Å². The van der Waals surface area contributed by atoms with Gasteiger partial charge in [-0.1, -0.05) is 18.2 Å². The molecule has 1 aliphatic rings. The number of aliphatic carboxylic acids is 1. The predicted octanol–water partition coefficient (Wildman–Crippen LogP) is 3.83. The van der Waals surface area contributed by atoms with E-state index in [4.69, 9.17) is 14.6 Å². The van der Waals surface area contributed by atoms with Crippen molar-refractivity contribution >= 4 is 51.7 Å². The van der Waals surface area contributed by atoms with Crippen LogP contribution >= 0.6 is 34.0 Å². The lowest BCUT2D eigenvalue weighted by Crippen LogP contribution is -2.45. The number of likely N-dealkylation sites (N-methyl/N-ethyl adjacent to an activating group) is 1. The summed E-state index contributed by atoms with van der Waals surface area (Å²) in [4.78, 5) is 36.1. The Kier molecular flexibility index (Phi) is 9.87. The molecule has 1 aliphatic heterocycles. The first-order valence-electron chi connectivity index (χ1n) is 11.5. The second-order valence-electron chi connectivity index (χ2n) is 9.02. The maximum atomic E-state index is 13.2. The zero-order valence-electron chi connectivity index (χ0n) is 20.3. The van der Waals surface area contributed by atoms with Gasteiger partial charge in [0.15, 0.2) is 11.9 Å². The number of hydrogen-bond acceptors (Lipinski definition) is 9. The van der Waals surface area contributed by atoms with Crippen LogP contribution in [0.2, 0.25) is 0 Å². The summed E-state index contributed by atoms with van der Waals surface area (Å²) in [5.74, 6) is -3.42. The van der Waals surface area contributed by atoms with Gasteiger partial charge in [-0.05, 0) is 34.3 Å². The zero-order valence-corrected chi connectivity index (χ0v) is 22.8. The van der Waals surface area contributed by atoms with Crippen LogP contribution in [0.5, 0.6) is 0 Å². The second-order valence-corrected chi connectivity index (χ2v) is 11.9. The van der Waals surface area contributed by atoms with Crippen molar-refractivity contribution in [1.29, 1.82) is 0 Å². The van der Waals surface area contributed by atoms with Gasteiger partial charge in [-0.15, -0.1) is 34.0 Å². The number of hydrogen-bond donors (Lipinski definition) is 1. The van der Waals surface area contributed by atoms with Crippen molar-refractivity contribution in [3.05, 3.63) is 67.2 Å². The van der Waals surface area contributed by atoms with Gasteiger partial charge in [0.1, 0.15) is 12.5 Å². The highest BCUT2D eigenvalue weighted by Crippen LogP contribution is 2.37. The number of alkyl halides is 3. The van der Waals surface area contributed by atoms with E-state index < -0.39 is 23.7 Å². The molecule has 1 N–H and O–H groups in total. The fourth-order valence-corrected chi connectivity index (χ4v) is 6.55. The Labute approximate surface area is 229 Å². The van der Waals surface area contributed by atoms with Gasteiger partial charge in [-0.2, -0.15) is 13.2 Å². The summed E-state index contributed by atoms with van der Waals surface area (Å²) in [5, 5.41) is 25.8. The largest absolute Gasteiger partial charge is 0.542 e. The van der Waals surface area contributed by atoms with Crippen LogP contribution < -0.4 is 5.11 Å². The molecule has 0 spiro atoms. The Balaban J connectivity index is 0.000000505. The summed E-state index contributed by atoms with van der Waals surface area (Å²) in [5.41, 5.74) is -1.76. The molecule has 0 saturated carbocycles. The van der Waals surface area contributed by atoms with E-state index in [9.17, 15) is 27.9 Å². The summed E-state index contributed by atoms with van der Waals surface area (Å²) in [7, 11) is 2.15. The quantitative estimate of drug-likeness (QED) is 0.231. The van der Waals surface area contributed by atoms with E-state index in [1.54, 1.807) is 12.1 Å².